The number of fused-ring (bicyclic) bond motifs is 1. The lowest BCUT2D eigenvalue weighted by Gasteiger charge is -2.23. The molecule has 4 rings (SSSR count). The third kappa shape index (κ3) is 4.23. The average molecular weight is 407 g/mol. The van der Waals surface area contributed by atoms with Gasteiger partial charge >= 0.3 is 6.36 Å². The summed E-state index contributed by atoms with van der Waals surface area (Å²) in [5.74, 6) is -1.98. The molecular formula is C20H14F5N3O. The number of benzene rings is 2. The molecule has 2 aromatic carbocycles. The molecule has 0 unspecified atom stereocenters. The zero-order valence-electron chi connectivity index (χ0n) is 14.8. The number of nitrogens with zero attached hydrogens (tertiary/aromatic N) is 2. The molecule has 29 heavy (non-hydrogen) atoms. The molecule has 0 aliphatic carbocycles. The highest BCUT2D eigenvalue weighted by Crippen LogP contribution is 2.27. The van der Waals surface area contributed by atoms with E-state index in [1.165, 1.54) is 24.3 Å². The highest BCUT2D eigenvalue weighted by molar-refractivity contribution is 5.61. The molecule has 1 N–H and O–H groups in total. The van der Waals surface area contributed by atoms with E-state index < -0.39 is 18.0 Å². The van der Waals surface area contributed by atoms with Crippen molar-refractivity contribution in [2.75, 3.05) is 0 Å². The summed E-state index contributed by atoms with van der Waals surface area (Å²) in [6.45, 7) is 0.832. The van der Waals surface area contributed by atoms with Gasteiger partial charge in [0.25, 0.3) is 0 Å². The summed E-state index contributed by atoms with van der Waals surface area (Å²) in [5, 5.41) is 0. The zero-order chi connectivity index (χ0) is 20.6. The minimum absolute atomic E-state index is 0.0413. The van der Waals surface area contributed by atoms with Gasteiger partial charge in [0.05, 0.1) is 23.5 Å². The molecule has 0 saturated heterocycles. The van der Waals surface area contributed by atoms with Gasteiger partial charge in [-0.15, -0.1) is 13.2 Å². The van der Waals surface area contributed by atoms with Crippen molar-refractivity contribution in [3.63, 3.8) is 0 Å². The van der Waals surface area contributed by atoms with Crippen LogP contribution in [0, 0.1) is 11.6 Å². The van der Waals surface area contributed by atoms with Crippen LogP contribution in [-0.4, -0.2) is 21.2 Å². The van der Waals surface area contributed by atoms with Gasteiger partial charge in [0.2, 0.25) is 0 Å². The van der Waals surface area contributed by atoms with Gasteiger partial charge in [0.15, 0.2) is 11.6 Å². The molecule has 150 valence electrons. The number of hydrogen-bond acceptors (Lipinski definition) is 3. The van der Waals surface area contributed by atoms with Crippen molar-refractivity contribution in [2.24, 2.45) is 0 Å². The van der Waals surface area contributed by atoms with Gasteiger partial charge in [0, 0.05) is 12.7 Å². The van der Waals surface area contributed by atoms with Crippen LogP contribution in [0.2, 0.25) is 0 Å². The Kier molecular flexibility index (Phi) is 4.73. The van der Waals surface area contributed by atoms with Crippen LogP contribution < -0.4 is 4.74 Å². The van der Waals surface area contributed by atoms with Gasteiger partial charge < -0.3 is 14.6 Å². The van der Waals surface area contributed by atoms with Crippen LogP contribution in [-0.2, 0) is 13.1 Å². The number of H-pyrrole nitrogens is 1. The van der Waals surface area contributed by atoms with E-state index in [2.05, 4.69) is 14.7 Å². The lowest BCUT2D eigenvalue weighted by molar-refractivity contribution is -0.274. The Bertz CT molecular complexity index is 1060. The predicted octanol–water partition coefficient (Wildman–Crippen LogP) is 5.24. The maximum absolute atomic E-state index is 14.0. The quantitative estimate of drug-likeness (QED) is 0.602. The molecule has 4 nitrogen and oxygen atoms in total. The minimum atomic E-state index is -4.73. The summed E-state index contributed by atoms with van der Waals surface area (Å²) in [7, 11) is 0. The summed E-state index contributed by atoms with van der Waals surface area (Å²) < 4.78 is 68.0. The lowest BCUT2D eigenvalue weighted by Crippen LogP contribution is -2.20. The number of aromatic amines is 1. The predicted molar refractivity (Wildman–Crippen MR) is 95.3 cm³/mol. The number of imidazole rings is 1. The molecule has 9 heteroatoms. The van der Waals surface area contributed by atoms with Crippen LogP contribution in [0.15, 0.2) is 48.7 Å². The van der Waals surface area contributed by atoms with Gasteiger partial charge in [-0.1, -0.05) is 18.2 Å². The lowest BCUT2D eigenvalue weighted by atomic mass is 10.1. The third-order valence-corrected chi connectivity index (χ3v) is 4.36. The number of ether oxygens (including phenoxy) is 1. The number of alkyl halides is 3. The second-order valence-corrected chi connectivity index (χ2v) is 6.46. The first kappa shape index (κ1) is 19.0. The van der Waals surface area contributed by atoms with Gasteiger partial charge in [-0.05, 0) is 35.9 Å². The van der Waals surface area contributed by atoms with Crippen molar-refractivity contribution in [2.45, 2.75) is 19.5 Å². The highest BCUT2D eigenvalue weighted by atomic mass is 19.4. The zero-order valence-corrected chi connectivity index (χ0v) is 14.8. The summed E-state index contributed by atoms with van der Waals surface area (Å²) in [5.41, 5.74) is 2.16. The molecule has 0 atom stereocenters. The Morgan fingerprint density at radius 3 is 2.55 bits per heavy atom. The van der Waals surface area contributed by atoms with Crippen LogP contribution in [0.5, 0.6) is 5.75 Å². The van der Waals surface area contributed by atoms with Crippen LogP contribution >= 0.6 is 0 Å². The van der Waals surface area contributed by atoms with Crippen LogP contribution in [0.1, 0.15) is 17.0 Å². The number of rotatable bonds is 4. The maximum Gasteiger partial charge on any atom is 0.573 e. The van der Waals surface area contributed by atoms with Crippen molar-refractivity contribution >= 4 is 6.08 Å². The molecule has 0 bridgehead atoms. The minimum Gasteiger partial charge on any atom is -0.406 e. The van der Waals surface area contributed by atoms with Crippen molar-refractivity contribution < 1.29 is 26.7 Å². The Morgan fingerprint density at radius 1 is 1.07 bits per heavy atom. The van der Waals surface area contributed by atoms with E-state index in [1.54, 1.807) is 24.4 Å². The largest absolute Gasteiger partial charge is 0.573 e. The molecule has 2 heterocycles. The molecule has 0 fully saturated rings. The van der Waals surface area contributed by atoms with E-state index in [0.29, 0.717) is 24.5 Å². The van der Waals surface area contributed by atoms with Crippen LogP contribution in [0.4, 0.5) is 22.0 Å². The third-order valence-electron chi connectivity index (χ3n) is 4.36. The number of halogens is 5. The topological polar surface area (TPSA) is 41.2 Å². The monoisotopic (exact) mass is 407 g/mol. The Labute approximate surface area is 162 Å². The van der Waals surface area contributed by atoms with Gasteiger partial charge in [-0.25, -0.2) is 13.8 Å². The molecule has 0 radical (unpaired) electrons. The summed E-state index contributed by atoms with van der Waals surface area (Å²) in [6, 6.07) is 9.47. The van der Waals surface area contributed by atoms with Gasteiger partial charge in [-0.2, -0.15) is 0 Å². The number of hydrogen-bond donors (Lipinski definition) is 1. The van der Waals surface area contributed by atoms with E-state index in [1.807, 2.05) is 4.90 Å². The van der Waals surface area contributed by atoms with Crippen molar-refractivity contribution in [1.29, 1.82) is 0 Å². The average Bonchev–Trinajstić information content (AvgIpc) is 3.07. The fourth-order valence-electron chi connectivity index (χ4n) is 3.06. The van der Waals surface area contributed by atoms with E-state index in [0.717, 1.165) is 11.6 Å². The number of aromatic nitrogens is 2. The molecule has 1 aliphatic heterocycles. The second kappa shape index (κ2) is 7.23. The molecule has 3 aromatic rings. The smallest absolute Gasteiger partial charge is 0.406 e. The Balaban J connectivity index is 1.47. The number of nitrogens with one attached hydrogen (secondary N) is 1. The maximum atomic E-state index is 14.0. The molecular weight excluding hydrogens is 393 g/mol. The van der Waals surface area contributed by atoms with E-state index in [-0.39, 0.29) is 17.1 Å². The van der Waals surface area contributed by atoms with E-state index >= 15 is 0 Å². The van der Waals surface area contributed by atoms with Crippen LogP contribution in [0.3, 0.4) is 0 Å². The van der Waals surface area contributed by atoms with Gasteiger partial charge in [-0.3, -0.25) is 0 Å². The summed E-state index contributed by atoms with van der Waals surface area (Å²) in [4.78, 5) is 9.24. The SMILES string of the molecule is Fc1cccc(-c2nc3c([nH]2)C=CN(Cc2ccc(OC(F)(F)F)cc2)C3)c1F. The molecule has 1 aliphatic rings. The molecule has 0 spiro atoms. The van der Waals surface area contributed by atoms with Gasteiger partial charge in [0.1, 0.15) is 11.6 Å². The Morgan fingerprint density at radius 2 is 1.83 bits per heavy atom. The van der Waals surface area contributed by atoms with Crippen molar-refractivity contribution in [3.8, 4) is 17.1 Å². The fourth-order valence-corrected chi connectivity index (χ4v) is 3.06. The molecule has 0 saturated carbocycles. The summed E-state index contributed by atoms with van der Waals surface area (Å²) >= 11 is 0. The van der Waals surface area contributed by atoms with Crippen LogP contribution in [0.25, 0.3) is 17.5 Å². The summed E-state index contributed by atoms with van der Waals surface area (Å²) in [6.07, 6.45) is -1.17. The first-order valence-corrected chi connectivity index (χ1v) is 8.59. The first-order valence-electron chi connectivity index (χ1n) is 8.59. The normalized spacial score (nSPS) is 13.5. The Hall–Kier alpha value is -3.36. The molecule has 0 amide bonds. The highest BCUT2D eigenvalue weighted by Gasteiger charge is 2.31. The van der Waals surface area contributed by atoms with E-state index in [9.17, 15) is 22.0 Å². The van der Waals surface area contributed by atoms with Crippen molar-refractivity contribution in [1.82, 2.24) is 14.9 Å². The molecule has 1 aromatic heterocycles. The standard InChI is InChI=1S/C20H14F5N3O/c21-15-3-1-2-14(18(15)22)19-26-16-8-9-28(11-17(16)27-19)10-12-4-6-13(7-5-12)29-20(23,24)25/h1-9H,10-11H2,(H,26,27). The van der Waals surface area contributed by atoms with Crippen molar-refractivity contribution in [3.05, 3.63) is 77.3 Å². The van der Waals surface area contributed by atoms with E-state index in [4.69, 9.17) is 0 Å². The second-order valence-electron chi connectivity index (χ2n) is 6.46. The first-order chi connectivity index (χ1) is 13.8. The fraction of sp³-hybridized carbons (Fsp3) is 0.150.